The maximum absolute atomic E-state index is 4.29. The largest absolute Gasteiger partial charge is 0.296 e. The van der Waals surface area contributed by atoms with Gasteiger partial charge >= 0.3 is 0 Å². The molecule has 116 valence electrons. The molecule has 0 bridgehead atoms. The molecule has 3 nitrogen and oxygen atoms in total. The van der Waals surface area contributed by atoms with Gasteiger partial charge in [0.1, 0.15) is 0 Å². The van der Waals surface area contributed by atoms with Crippen molar-refractivity contribution in [3.05, 3.63) is 48.3 Å². The second-order valence-electron chi connectivity index (χ2n) is 6.84. The third kappa shape index (κ3) is 2.82. The smallest absolute Gasteiger partial charge is 0.0645 e. The van der Waals surface area contributed by atoms with E-state index in [9.17, 15) is 0 Å². The lowest BCUT2D eigenvalue weighted by Gasteiger charge is -2.44. The first-order chi connectivity index (χ1) is 10.9. The summed E-state index contributed by atoms with van der Waals surface area (Å²) < 4.78 is 1.92. The average Bonchev–Trinajstić information content (AvgIpc) is 3.10. The number of likely N-dealkylation sites (tertiary alicyclic amines) is 1. The summed E-state index contributed by atoms with van der Waals surface area (Å²) in [5.41, 5.74) is 2.57. The van der Waals surface area contributed by atoms with Crippen LogP contribution in [0.4, 0.5) is 0 Å². The van der Waals surface area contributed by atoms with Crippen molar-refractivity contribution in [2.24, 2.45) is 5.92 Å². The Morgan fingerprint density at radius 1 is 1.00 bits per heavy atom. The van der Waals surface area contributed by atoms with Gasteiger partial charge in [-0.25, -0.2) is 4.68 Å². The van der Waals surface area contributed by atoms with Gasteiger partial charge in [-0.2, -0.15) is 5.10 Å². The number of piperidine rings is 1. The van der Waals surface area contributed by atoms with Crippen LogP contribution in [0.25, 0.3) is 5.69 Å². The first-order valence-electron chi connectivity index (χ1n) is 8.73. The Hall–Kier alpha value is -1.61. The van der Waals surface area contributed by atoms with Crippen molar-refractivity contribution >= 4 is 0 Å². The van der Waals surface area contributed by atoms with E-state index in [0.29, 0.717) is 0 Å². The van der Waals surface area contributed by atoms with Gasteiger partial charge in [-0.3, -0.25) is 4.90 Å². The van der Waals surface area contributed by atoms with E-state index in [1.807, 2.05) is 23.1 Å². The zero-order valence-electron chi connectivity index (χ0n) is 13.2. The lowest BCUT2D eigenvalue weighted by molar-refractivity contribution is 0.0547. The van der Waals surface area contributed by atoms with Crippen molar-refractivity contribution in [3.63, 3.8) is 0 Å². The van der Waals surface area contributed by atoms with E-state index in [0.717, 1.165) is 24.2 Å². The number of hydrogen-bond acceptors (Lipinski definition) is 2. The minimum absolute atomic E-state index is 0.841. The van der Waals surface area contributed by atoms with Crippen LogP contribution in [0.3, 0.4) is 0 Å². The van der Waals surface area contributed by atoms with Gasteiger partial charge in [0.05, 0.1) is 5.69 Å². The molecule has 0 radical (unpaired) electrons. The zero-order chi connectivity index (χ0) is 14.8. The van der Waals surface area contributed by atoms with Crippen molar-refractivity contribution < 1.29 is 0 Å². The molecule has 2 aliphatic rings. The fourth-order valence-corrected chi connectivity index (χ4v) is 4.33. The standard InChI is InChI=1S/C19H25N3/c1-2-7-19-17(5-1)6-3-13-21(19)15-16-8-10-18(11-9-16)22-14-4-12-20-22/h4,8-12,14,17,19H,1-3,5-7,13,15H2/t17-,19+/m1/s1. The maximum Gasteiger partial charge on any atom is 0.0645 e. The molecule has 1 aliphatic heterocycles. The molecule has 1 aliphatic carbocycles. The molecule has 2 fully saturated rings. The average molecular weight is 295 g/mol. The molecular formula is C19H25N3. The van der Waals surface area contributed by atoms with E-state index in [4.69, 9.17) is 0 Å². The Bertz CT molecular complexity index is 586. The van der Waals surface area contributed by atoms with Crippen LogP contribution in [-0.2, 0) is 6.54 Å². The van der Waals surface area contributed by atoms with Crippen LogP contribution in [0.1, 0.15) is 44.1 Å². The van der Waals surface area contributed by atoms with Gasteiger partial charge in [-0.05, 0) is 61.9 Å². The third-order valence-corrected chi connectivity index (χ3v) is 5.45. The number of fused-ring (bicyclic) bond motifs is 1. The highest BCUT2D eigenvalue weighted by atomic mass is 15.3. The Labute approximate surface area is 132 Å². The molecule has 22 heavy (non-hydrogen) atoms. The summed E-state index contributed by atoms with van der Waals surface area (Å²) >= 11 is 0. The molecule has 1 saturated carbocycles. The highest BCUT2D eigenvalue weighted by molar-refractivity contribution is 5.33. The Morgan fingerprint density at radius 3 is 2.64 bits per heavy atom. The minimum Gasteiger partial charge on any atom is -0.296 e. The molecule has 2 aromatic rings. The summed E-state index contributed by atoms with van der Waals surface area (Å²) in [6.07, 6.45) is 12.4. The summed E-state index contributed by atoms with van der Waals surface area (Å²) in [5.74, 6) is 0.964. The third-order valence-electron chi connectivity index (χ3n) is 5.45. The van der Waals surface area contributed by atoms with Crippen molar-refractivity contribution in [2.75, 3.05) is 6.54 Å². The molecule has 0 unspecified atom stereocenters. The molecule has 0 spiro atoms. The number of aromatic nitrogens is 2. The van der Waals surface area contributed by atoms with E-state index >= 15 is 0 Å². The highest BCUT2D eigenvalue weighted by Gasteiger charge is 2.32. The van der Waals surface area contributed by atoms with E-state index in [1.54, 1.807) is 0 Å². The lowest BCUT2D eigenvalue weighted by atomic mass is 9.78. The van der Waals surface area contributed by atoms with Gasteiger partial charge in [-0.1, -0.05) is 25.0 Å². The van der Waals surface area contributed by atoms with Crippen LogP contribution >= 0.6 is 0 Å². The minimum atomic E-state index is 0.841. The van der Waals surface area contributed by atoms with Gasteiger partial charge in [0, 0.05) is 25.0 Å². The van der Waals surface area contributed by atoms with E-state index in [1.165, 1.54) is 50.6 Å². The Balaban J connectivity index is 1.46. The van der Waals surface area contributed by atoms with E-state index < -0.39 is 0 Å². The predicted molar refractivity (Wildman–Crippen MR) is 89.0 cm³/mol. The second-order valence-corrected chi connectivity index (χ2v) is 6.84. The highest BCUT2D eigenvalue weighted by Crippen LogP contribution is 2.35. The summed E-state index contributed by atoms with van der Waals surface area (Å²) in [4.78, 5) is 2.75. The monoisotopic (exact) mass is 295 g/mol. The molecule has 4 rings (SSSR count). The molecule has 2 heterocycles. The molecule has 1 saturated heterocycles. The maximum atomic E-state index is 4.29. The molecule has 0 amide bonds. The van der Waals surface area contributed by atoms with Gasteiger partial charge in [0.15, 0.2) is 0 Å². The summed E-state index contributed by atoms with van der Waals surface area (Å²) in [5, 5.41) is 4.29. The molecular weight excluding hydrogens is 270 g/mol. The molecule has 3 heteroatoms. The normalized spacial score (nSPS) is 25.8. The Kier molecular flexibility index (Phi) is 3.98. The first kappa shape index (κ1) is 14.0. The van der Waals surface area contributed by atoms with Gasteiger partial charge < -0.3 is 0 Å². The van der Waals surface area contributed by atoms with Crippen molar-refractivity contribution in [2.45, 2.75) is 51.1 Å². The molecule has 1 aromatic carbocycles. The number of hydrogen-bond donors (Lipinski definition) is 0. The van der Waals surface area contributed by atoms with E-state index in [-0.39, 0.29) is 0 Å². The van der Waals surface area contributed by atoms with Crippen LogP contribution in [0.5, 0.6) is 0 Å². The van der Waals surface area contributed by atoms with Crippen molar-refractivity contribution in [1.82, 2.24) is 14.7 Å². The quantitative estimate of drug-likeness (QED) is 0.852. The number of rotatable bonds is 3. The summed E-state index contributed by atoms with van der Waals surface area (Å²) in [7, 11) is 0. The van der Waals surface area contributed by atoms with Crippen molar-refractivity contribution in [1.29, 1.82) is 0 Å². The Morgan fingerprint density at radius 2 is 1.82 bits per heavy atom. The number of nitrogens with zero attached hydrogens (tertiary/aromatic N) is 3. The topological polar surface area (TPSA) is 21.1 Å². The molecule has 2 atom stereocenters. The lowest BCUT2D eigenvalue weighted by Crippen LogP contribution is -2.46. The number of benzene rings is 1. The summed E-state index contributed by atoms with van der Waals surface area (Å²) in [6, 6.07) is 11.7. The van der Waals surface area contributed by atoms with Gasteiger partial charge in [0.25, 0.3) is 0 Å². The van der Waals surface area contributed by atoms with Gasteiger partial charge in [0.2, 0.25) is 0 Å². The fourth-order valence-electron chi connectivity index (χ4n) is 4.33. The van der Waals surface area contributed by atoms with Crippen LogP contribution in [0.15, 0.2) is 42.7 Å². The van der Waals surface area contributed by atoms with Crippen LogP contribution in [0, 0.1) is 5.92 Å². The summed E-state index contributed by atoms with van der Waals surface area (Å²) in [6.45, 7) is 2.39. The van der Waals surface area contributed by atoms with Crippen LogP contribution in [-0.4, -0.2) is 27.3 Å². The predicted octanol–water partition coefficient (Wildman–Crippen LogP) is 4.03. The first-order valence-corrected chi connectivity index (χ1v) is 8.73. The van der Waals surface area contributed by atoms with Gasteiger partial charge in [-0.15, -0.1) is 0 Å². The van der Waals surface area contributed by atoms with E-state index in [2.05, 4.69) is 34.3 Å². The second kappa shape index (κ2) is 6.25. The molecule has 1 aromatic heterocycles. The SMILES string of the molecule is c1cnn(-c2ccc(CN3CCC[C@H]4CCCC[C@@H]43)cc2)c1. The van der Waals surface area contributed by atoms with Crippen LogP contribution in [0.2, 0.25) is 0 Å². The molecule has 0 N–H and O–H groups in total. The zero-order valence-corrected chi connectivity index (χ0v) is 13.2. The fraction of sp³-hybridized carbons (Fsp3) is 0.526. The van der Waals surface area contributed by atoms with Crippen LogP contribution < -0.4 is 0 Å². The van der Waals surface area contributed by atoms with Crippen molar-refractivity contribution in [3.8, 4) is 5.69 Å².